The zero-order valence-electron chi connectivity index (χ0n) is 19.7. The number of esters is 2. The minimum atomic E-state index is -0.902. The van der Waals surface area contributed by atoms with Crippen LogP contribution in [0.15, 0.2) is 42.5 Å². The summed E-state index contributed by atoms with van der Waals surface area (Å²) in [4.78, 5) is 34.6. The van der Waals surface area contributed by atoms with Crippen LogP contribution in [0, 0.1) is 0 Å². The van der Waals surface area contributed by atoms with Crippen molar-refractivity contribution in [3.8, 4) is 0 Å². The van der Waals surface area contributed by atoms with Crippen molar-refractivity contribution in [1.29, 1.82) is 0 Å². The molecule has 0 amide bonds. The fourth-order valence-electron chi connectivity index (χ4n) is 2.26. The number of ether oxygens (including phenoxy) is 7. The van der Waals surface area contributed by atoms with Gasteiger partial charge in [0, 0.05) is 11.1 Å². The summed E-state index contributed by atoms with van der Waals surface area (Å²) in [6.45, 7) is 8.95. The van der Waals surface area contributed by atoms with E-state index in [0.717, 1.165) is 0 Å². The van der Waals surface area contributed by atoms with Gasteiger partial charge >= 0.3 is 11.9 Å². The Labute approximate surface area is 200 Å². The van der Waals surface area contributed by atoms with Crippen molar-refractivity contribution in [1.82, 2.24) is 0 Å². The molecule has 0 heterocycles. The first-order valence-corrected chi connectivity index (χ1v) is 11.0. The third kappa shape index (κ3) is 15.3. The maximum absolute atomic E-state index is 11.8. The van der Waals surface area contributed by atoms with Crippen LogP contribution in [0.5, 0.6) is 0 Å². The van der Waals surface area contributed by atoms with Gasteiger partial charge in [0.2, 0.25) is 0 Å². The van der Waals surface area contributed by atoms with E-state index in [1.54, 1.807) is 37.3 Å². The topological polar surface area (TPSA) is 116 Å². The quantitative estimate of drug-likeness (QED) is 0.0841. The second kappa shape index (κ2) is 19.8. The molecular weight excluding hydrogens is 448 g/mol. The molecule has 10 nitrogen and oxygen atoms in total. The first-order chi connectivity index (χ1) is 16.5. The van der Waals surface area contributed by atoms with Gasteiger partial charge in [-0.05, 0) is 6.92 Å². The highest BCUT2D eigenvalue weighted by Crippen LogP contribution is 2.01. The van der Waals surface area contributed by atoms with Crippen LogP contribution in [-0.4, -0.2) is 97.0 Å². The van der Waals surface area contributed by atoms with Crippen LogP contribution < -0.4 is 0 Å². The molecule has 0 aliphatic heterocycles. The van der Waals surface area contributed by atoms with Gasteiger partial charge in [-0.2, -0.15) is 0 Å². The number of carbonyl (C=O) groups excluding carboxylic acids is 3. The lowest BCUT2D eigenvalue weighted by Crippen LogP contribution is -2.20. The number of ketones is 1. The van der Waals surface area contributed by atoms with Crippen LogP contribution in [0.3, 0.4) is 0 Å². The molecule has 0 saturated carbocycles. The molecule has 1 aromatic rings. The Morgan fingerprint density at radius 1 is 0.588 bits per heavy atom. The van der Waals surface area contributed by atoms with Gasteiger partial charge < -0.3 is 33.2 Å². The first kappa shape index (κ1) is 29.4. The van der Waals surface area contributed by atoms with Gasteiger partial charge in [-0.1, -0.05) is 36.9 Å². The lowest BCUT2D eigenvalue weighted by Gasteiger charge is -2.08. The number of rotatable bonds is 21. The number of hydrogen-bond acceptors (Lipinski definition) is 10. The van der Waals surface area contributed by atoms with Crippen LogP contribution in [0.25, 0.3) is 0 Å². The standard InChI is InChI=1S/C24H34O10/c1-20(2)23(26)33-18-16-31-14-12-29-10-8-28-9-11-30-13-15-32-17-19-34-24(27)22(25)21-6-4-3-5-7-21/h3-7H,1,8-19H2,2H3. The lowest BCUT2D eigenvalue weighted by molar-refractivity contribution is -0.141. The molecule has 190 valence electrons. The molecular formula is C24H34O10. The Kier molecular flexibility index (Phi) is 17.1. The predicted octanol–water partition coefficient (Wildman–Crippen LogP) is 1.61. The van der Waals surface area contributed by atoms with Gasteiger partial charge in [-0.3, -0.25) is 4.79 Å². The van der Waals surface area contributed by atoms with E-state index in [9.17, 15) is 14.4 Å². The third-order valence-corrected chi connectivity index (χ3v) is 3.98. The van der Waals surface area contributed by atoms with Crippen LogP contribution in [0.4, 0.5) is 0 Å². The molecule has 0 bridgehead atoms. The minimum absolute atomic E-state index is 0.00593. The Morgan fingerprint density at radius 2 is 0.941 bits per heavy atom. The normalized spacial score (nSPS) is 10.6. The molecule has 0 aliphatic carbocycles. The van der Waals surface area contributed by atoms with Crippen LogP contribution >= 0.6 is 0 Å². The Hall–Kier alpha value is -2.63. The summed E-state index contributed by atoms with van der Waals surface area (Å²) in [5.74, 6) is -2.01. The van der Waals surface area contributed by atoms with Gasteiger partial charge in [0.25, 0.3) is 5.78 Å². The van der Waals surface area contributed by atoms with E-state index in [-0.39, 0.29) is 19.8 Å². The van der Waals surface area contributed by atoms with Crippen LogP contribution in [-0.2, 0) is 42.7 Å². The zero-order valence-corrected chi connectivity index (χ0v) is 19.7. The molecule has 0 fully saturated rings. The fourth-order valence-corrected chi connectivity index (χ4v) is 2.26. The molecule has 1 aromatic carbocycles. The van der Waals surface area contributed by atoms with E-state index in [1.807, 2.05) is 0 Å². The summed E-state index contributed by atoms with van der Waals surface area (Å²) < 4.78 is 36.4. The highest BCUT2D eigenvalue weighted by Gasteiger charge is 2.17. The summed E-state index contributed by atoms with van der Waals surface area (Å²) in [5, 5.41) is 0. The van der Waals surface area contributed by atoms with Crippen molar-refractivity contribution in [2.24, 2.45) is 0 Å². The van der Waals surface area contributed by atoms with Gasteiger partial charge in [0.15, 0.2) is 0 Å². The molecule has 10 heteroatoms. The molecule has 0 atom stereocenters. The number of Topliss-reactive ketones (excluding diaryl/α,β-unsaturated/α-hetero) is 1. The second-order valence-electron chi connectivity index (χ2n) is 6.81. The van der Waals surface area contributed by atoms with Gasteiger partial charge in [0.05, 0.1) is 66.1 Å². The van der Waals surface area contributed by atoms with Crippen molar-refractivity contribution < 1.29 is 47.5 Å². The highest BCUT2D eigenvalue weighted by atomic mass is 16.6. The summed E-state index contributed by atoms with van der Waals surface area (Å²) in [7, 11) is 0. The lowest BCUT2D eigenvalue weighted by atomic mass is 10.1. The molecule has 0 aliphatic rings. The van der Waals surface area contributed by atoms with Crippen LogP contribution in [0.1, 0.15) is 17.3 Å². The Bertz CT molecular complexity index is 720. The van der Waals surface area contributed by atoms with E-state index in [2.05, 4.69) is 6.58 Å². The minimum Gasteiger partial charge on any atom is -0.460 e. The molecule has 0 saturated heterocycles. The molecule has 0 N–H and O–H groups in total. The Morgan fingerprint density at radius 3 is 1.32 bits per heavy atom. The second-order valence-corrected chi connectivity index (χ2v) is 6.81. The van der Waals surface area contributed by atoms with Gasteiger partial charge in [-0.15, -0.1) is 0 Å². The highest BCUT2D eigenvalue weighted by molar-refractivity contribution is 6.40. The first-order valence-electron chi connectivity index (χ1n) is 11.0. The molecule has 0 radical (unpaired) electrons. The molecule has 1 rings (SSSR count). The summed E-state index contributed by atoms with van der Waals surface area (Å²) in [5.41, 5.74) is 0.650. The number of carbonyl (C=O) groups is 3. The molecule has 0 spiro atoms. The van der Waals surface area contributed by atoms with E-state index in [1.165, 1.54) is 0 Å². The van der Waals surface area contributed by atoms with Crippen molar-refractivity contribution in [2.45, 2.75) is 6.92 Å². The maximum atomic E-state index is 11.8. The van der Waals surface area contributed by atoms with Gasteiger partial charge in [-0.25, -0.2) is 9.59 Å². The van der Waals surface area contributed by atoms with E-state index in [0.29, 0.717) is 70.6 Å². The van der Waals surface area contributed by atoms with Crippen molar-refractivity contribution in [3.63, 3.8) is 0 Å². The predicted molar refractivity (Wildman–Crippen MR) is 122 cm³/mol. The average molecular weight is 483 g/mol. The third-order valence-electron chi connectivity index (χ3n) is 3.98. The van der Waals surface area contributed by atoms with E-state index >= 15 is 0 Å². The molecule has 0 unspecified atom stereocenters. The van der Waals surface area contributed by atoms with E-state index < -0.39 is 17.7 Å². The SMILES string of the molecule is C=C(C)C(=O)OCCOCCOCCOCCOCCOCCOC(=O)C(=O)c1ccccc1. The van der Waals surface area contributed by atoms with Crippen molar-refractivity contribution in [3.05, 3.63) is 48.0 Å². The van der Waals surface area contributed by atoms with Crippen molar-refractivity contribution >= 4 is 17.7 Å². The Balaban J connectivity index is 1.78. The fraction of sp³-hybridized carbons (Fsp3) is 0.542. The van der Waals surface area contributed by atoms with Crippen molar-refractivity contribution in [2.75, 3.05) is 79.3 Å². The zero-order chi connectivity index (χ0) is 24.9. The smallest absolute Gasteiger partial charge is 0.379 e. The van der Waals surface area contributed by atoms with Gasteiger partial charge in [0.1, 0.15) is 13.2 Å². The molecule has 34 heavy (non-hydrogen) atoms. The summed E-state index contributed by atoms with van der Waals surface area (Å²) >= 11 is 0. The number of benzene rings is 1. The summed E-state index contributed by atoms with van der Waals surface area (Å²) in [6, 6.07) is 8.23. The van der Waals surface area contributed by atoms with E-state index in [4.69, 9.17) is 33.2 Å². The average Bonchev–Trinajstić information content (AvgIpc) is 2.85. The summed E-state index contributed by atoms with van der Waals surface area (Å²) in [6.07, 6.45) is 0. The van der Waals surface area contributed by atoms with Crippen LogP contribution in [0.2, 0.25) is 0 Å². The monoisotopic (exact) mass is 482 g/mol. The molecule has 0 aromatic heterocycles. The largest absolute Gasteiger partial charge is 0.460 e. The maximum Gasteiger partial charge on any atom is 0.379 e. The number of hydrogen-bond donors (Lipinski definition) is 0.